The summed E-state index contributed by atoms with van der Waals surface area (Å²) in [5.74, 6) is -0.833. The number of benzene rings is 1. The van der Waals surface area contributed by atoms with Crippen molar-refractivity contribution in [2.24, 2.45) is 0 Å². The van der Waals surface area contributed by atoms with Crippen molar-refractivity contribution in [3.63, 3.8) is 0 Å². The number of rotatable bonds is 7. The molecule has 19 heavy (non-hydrogen) atoms. The molecule has 0 heterocycles. The number of nitrogens with two attached hydrogens (primary N) is 1. The minimum atomic E-state index is -3.89. The van der Waals surface area contributed by atoms with Gasteiger partial charge in [0.2, 0.25) is 10.0 Å². The summed E-state index contributed by atoms with van der Waals surface area (Å²) in [4.78, 5) is 1.55. The Kier molecular flexibility index (Phi) is 5.71. The van der Waals surface area contributed by atoms with Gasteiger partial charge >= 0.3 is 0 Å². The number of sulfonamides is 1. The Morgan fingerprint density at radius 1 is 1.32 bits per heavy atom. The highest BCUT2D eigenvalue weighted by molar-refractivity contribution is 7.89. The molecule has 0 radical (unpaired) electrons. The molecule has 0 saturated carbocycles. The van der Waals surface area contributed by atoms with Gasteiger partial charge in [-0.15, -0.1) is 0 Å². The number of anilines is 1. The van der Waals surface area contributed by atoms with Gasteiger partial charge in [0.15, 0.2) is 0 Å². The number of halogens is 1. The number of hydrogen-bond acceptors (Lipinski definition) is 4. The van der Waals surface area contributed by atoms with Crippen molar-refractivity contribution in [3.8, 4) is 0 Å². The fraction of sp³-hybridized carbons (Fsp3) is 0.500. The molecule has 0 aromatic heterocycles. The molecule has 1 rings (SSSR count). The summed E-state index contributed by atoms with van der Waals surface area (Å²) in [6, 6.07) is 3.82. The SMILES string of the molecule is CN(C)CCCCNS(=O)(=O)c1c(N)cccc1F. The van der Waals surface area contributed by atoms with E-state index in [2.05, 4.69) is 4.72 Å². The zero-order valence-electron chi connectivity index (χ0n) is 11.2. The second kappa shape index (κ2) is 6.83. The van der Waals surface area contributed by atoms with Crippen molar-refractivity contribution in [2.45, 2.75) is 17.7 Å². The first-order chi connectivity index (χ1) is 8.84. The molecule has 0 spiro atoms. The maximum Gasteiger partial charge on any atom is 0.245 e. The number of nitrogens with zero attached hydrogens (tertiary/aromatic N) is 1. The summed E-state index contributed by atoms with van der Waals surface area (Å²) in [7, 11) is 0.0113. The minimum Gasteiger partial charge on any atom is -0.398 e. The van der Waals surface area contributed by atoms with Crippen LogP contribution in [0.25, 0.3) is 0 Å². The molecule has 0 saturated heterocycles. The molecule has 1 aromatic carbocycles. The second-order valence-electron chi connectivity index (χ2n) is 4.57. The lowest BCUT2D eigenvalue weighted by Crippen LogP contribution is -2.27. The van der Waals surface area contributed by atoms with E-state index in [4.69, 9.17) is 5.73 Å². The van der Waals surface area contributed by atoms with Crippen LogP contribution in [-0.4, -0.2) is 40.5 Å². The molecular weight excluding hydrogens is 269 g/mol. The average Bonchev–Trinajstić information content (AvgIpc) is 2.27. The second-order valence-corrected chi connectivity index (χ2v) is 6.27. The predicted octanol–water partition coefficient (Wildman–Crippen LogP) is 1.03. The summed E-state index contributed by atoms with van der Waals surface area (Å²) < 4.78 is 39.7. The van der Waals surface area contributed by atoms with Crippen LogP contribution in [0.2, 0.25) is 0 Å². The Morgan fingerprint density at radius 2 is 2.00 bits per heavy atom. The van der Waals surface area contributed by atoms with Gasteiger partial charge in [0.05, 0.1) is 5.69 Å². The Labute approximate surface area is 113 Å². The van der Waals surface area contributed by atoms with Gasteiger partial charge in [0, 0.05) is 6.54 Å². The number of nitrogen functional groups attached to an aromatic ring is 1. The summed E-state index contributed by atoms with van der Waals surface area (Å²) in [5, 5.41) is 0. The lowest BCUT2D eigenvalue weighted by Gasteiger charge is -2.11. The van der Waals surface area contributed by atoms with Crippen LogP contribution in [0.1, 0.15) is 12.8 Å². The van der Waals surface area contributed by atoms with Crippen LogP contribution in [-0.2, 0) is 10.0 Å². The van der Waals surface area contributed by atoms with Crippen LogP contribution >= 0.6 is 0 Å². The molecule has 0 amide bonds. The van der Waals surface area contributed by atoms with Gasteiger partial charge in [-0.3, -0.25) is 0 Å². The quantitative estimate of drug-likeness (QED) is 0.580. The third kappa shape index (κ3) is 4.77. The largest absolute Gasteiger partial charge is 0.398 e. The molecule has 0 aliphatic carbocycles. The molecule has 7 heteroatoms. The standard InChI is InChI=1S/C12H20FN3O2S/c1-16(2)9-4-3-8-15-19(17,18)12-10(13)6-5-7-11(12)14/h5-7,15H,3-4,8-9,14H2,1-2H3. The van der Waals surface area contributed by atoms with E-state index >= 15 is 0 Å². The van der Waals surface area contributed by atoms with E-state index in [0.29, 0.717) is 6.42 Å². The van der Waals surface area contributed by atoms with Gasteiger partial charge in [-0.2, -0.15) is 0 Å². The highest BCUT2D eigenvalue weighted by atomic mass is 32.2. The van der Waals surface area contributed by atoms with E-state index < -0.39 is 20.7 Å². The van der Waals surface area contributed by atoms with E-state index in [-0.39, 0.29) is 12.2 Å². The maximum atomic E-state index is 13.5. The van der Waals surface area contributed by atoms with Crippen LogP contribution in [0, 0.1) is 5.82 Å². The molecule has 0 unspecified atom stereocenters. The smallest absolute Gasteiger partial charge is 0.245 e. The van der Waals surface area contributed by atoms with Crippen molar-refractivity contribution in [1.29, 1.82) is 0 Å². The first-order valence-electron chi connectivity index (χ1n) is 6.03. The van der Waals surface area contributed by atoms with Crippen LogP contribution in [0.5, 0.6) is 0 Å². The Morgan fingerprint density at radius 3 is 2.58 bits per heavy atom. The van der Waals surface area contributed by atoms with Gasteiger partial charge in [-0.25, -0.2) is 17.5 Å². The summed E-state index contributed by atoms with van der Waals surface area (Å²) in [6.45, 7) is 1.15. The molecular formula is C12H20FN3O2S. The van der Waals surface area contributed by atoms with Crippen molar-refractivity contribution < 1.29 is 12.8 Å². The van der Waals surface area contributed by atoms with Gasteiger partial charge in [0.1, 0.15) is 10.7 Å². The van der Waals surface area contributed by atoms with Crippen LogP contribution in [0.3, 0.4) is 0 Å². The first-order valence-corrected chi connectivity index (χ1v) is 7.51. The molecule has 0 bridgehead atoms. The van der Waals surface area contributed by atoms with Crippen LogP contribution in [0.15, 0.2) is 23.1 Å². The van der Waals surface area contributed by atoms with E-state index in [1.807, 2.05) is 19.0 Å². The van der Waals surface area contributed by atoms with Crippen molar-refractivity contribution in [2.75, 3.05) is 32.9 Å². The molecule has 108 valence electrons. The summed E-state index contributed by atoms with van der Waals surface area (Å²) >= 11 is 0. The average molecular weight is 289 g/mol. The van der Waals surface area contributed by atoms with Crippen molar-refractivity contribution in [1.82, 2.24) is 9.62 Å². The van der Waals surface area contributed by atoms with E-state index in [1.165, 1.54) is 12.1 Å². The fourth-order valence-electron chi connectivity index (χ4n) is 1.64. The molecule has 5 nitrogen and oxygen atoms in total. The lowest BCUT2D eigenvalue weighted by molar-refractivity contribution is 0.394. The van der Waals surface area contributed by atoms with Gasteiger partial charge in [-0.1, -0.05) is 6.07 Å². The highest BCUT2D eigenvalue weighted by Crippen LogP contribution is 2.21. The van der Waals surface area contributed by atoms with Gasteiger partial charge < -0.3 is 10.6 Å². The third-order valence-corrected chi connectivity index (χ3v) is 4.14. The Bertz CT molecular complexity index is 497. The van der Waals surface area contributed by atoms with Crippen LogP contribution in [0.4, 0.5) is 10.1 Å². The molecule has 3 N–H and O–H groups in total. The van der Waals surface area contributed by atoms with E-state index in [1.54, 1.807) is 0 Å². The van der Waals surface area contributed by atoms with Crippen molar-refractivity contribution >= 4 is 15.7 Å². The first kappa shape index (κ1) is 15.9. The van der Waals surface area contributed by atoms with E-state index in [0.717, 1.165) is 19.0 Å². The van der Waals surface area contributed by atoms with Crippen LogP contribution < -0.4 is 10.5 Å². The van der Waals surface area contributed by atoms with Gasteiger partial charge in [0.25, 0.3) is 0 Å². The zero-order valence-corrected chi connectivity index (χ0v) is 12.0. The van der Waals surface area contributed by atoms with E-state index in [9.17, 15) is 12.8 Å². The fourth-order valence-corrected chi connectivity index (χ4v) is 2.90. The summed E-state index contributed by atoms with van der Waals surface area (Å²) in [6.07, 6.45) is 1.55. The van der Waals surface area contributed by atoms with Crippen molar-refractivity contribution in [3.05, 3.63) is 24.0 Å². The summed E-state index contributed by atoms with van der Waals surface area (Å²) in [5.41, 5.74) is 5.43. The molecule has 0 aliphatic heterocycles. The predicted molar refractivity (Wildman–Crippen MR) is 73.8 cm³/mol. The monoisotopic (exact) mass is 289 g/mol. The third-order valence-electron chi connectivity index (χ3n) is 2.59. The molecule has 0 atom stereocenters. The van der Waals surface area contributed by atoms with Gasteiger partial charge in [-0.05, 0) is 45.6 Å². The lowest BCUT2D eigenvalue weighted by atomic mass is 10.3. The highest BCUT2D eigenvalue weighted by Gasteiger charge is 2.21. The molecule has 1 aromatic rings. The number of hydrogen-bond donors (Lipinski definition) is 2. The Hall–Kier alpha value is -1.18. The number of nitrogens with one attached hydrogen (secondary N) is 1. The molecule has 0 fully saturated rings. The Balaban J connectivity index is 2.62. The molecule has 0 aliphatic rings. The topological polar surface area (TPSA) is 75.4 Å². The minimum absolute atomic E-state index is 0.0826. The maximum absolute atomic E-state index is 13.5. The number of unbranched alkanes of at least 4 members (excludes halogenated alkanes) is 1. The normalized spacial score (nSPS) is 12.0. The zero-order chi connectivity index (χ0) is 14.5.